The van der Waals surface area contributed by atoms with Crippen molar-refractivity contribution in [2.24, 2.45) is 0 Å². The topological polar surface area (TPSA) is 56.2 Å². The Balaban J connectivity index is 1.63. The number of fused-ring (bicyclic) bond motifs is 1. The summed E-state index contributed by atoms with van der Waals surface area (Å²) in [6.45, 7) is -0.653. The maximum atomic E-state index is 12.0. The van der Waals surface area contributed by atoms with Crippen LogP contribution in [0.4, 0.5) is 23.7 Å². The van der Waals surface area contributed by atoms with E-state index in [2.05, 4.69) is 19.6 Å². The van der Waals surface area contributed by atoms with Crippen LogP contribution in [0.1, 0.15) is 30.0 Å². The van der Waals surface area contributed by atoms with Crippen molar-refractivity contribution in [2.45, 2.75) is 31.5 Å². The van der Waals surface area contributed by atoms with E-state index in [-0.39, 0.29) is 5.92 Å². The lowest BCUT2D eigenvalue weighted by molar-refractivity contribution is -0.159. The van der Waals surface area contributed by atoms with E-state index in [1.807, 2.05) is 24.7 Å². The number of nitrogens with one attached hydrogen (secondary N) is 1. The first-order chi connectivity index (χ1) is 11.4. The molecule has 5 nitrogen and oxygen atoms in total. The highest BCUT2D eigenvalue weighted by Crippen LogP contribution is 2.33. The van der Waals surface area contributed by atoms with Gasteiger partial charge in [-0.2, -0.15) is 13.2 Å². The van der Waals surface area contributed by atoms with Gasteiger partial charge in [-0.05, 0) is 30.5 Å². The minimum atomic E-state index is -4.54. The third kappa shape index (κ3) is 3.87. The van der Waals surface area contributed by atoms with Crippen LogP contribution in [0.2, 0.25) is 0 Å². The van der Waals surface area contributed by atoms with Crippen molar-refractivity contribution in [3.05, 3.63) is 48.0 Å². The molecule has 0 saturated heterocycles. The minimum Gasteiger partial charge on any atom is -0.440 e. The van der Waals surface area contributed by atoms with Crippen LogP contribution in [0.5, 0.6) is 0 Å². The van der Waals surface area contributed by atoms with Gasteiger partial charge in [-0.25, -0.2) is 9.78 Å². The quantitative estimate of drug-likeness (QED) is 0.922. The summed E-state index contributed by atoms with van der Waals surface area (Å²) in [7, 11) is 0. The predicted octanol–water partition coefficient (Wildman–Crippen LogP) is 3.92. The van der Waals surface area contributed by atoms with Gasteiger partial charge in [0, 0.05) is 30.0 Å². The van der Waals surface area contributed by atoms with E-state index in [1.165, 1.54) is 0 Å². The average molecular weight is 339 g/mol. The lowest BCUT2D eigenvalue weighted by Crippen LogP contribution is -2.23. The number of anilines is 1. The number of carbonyl (C=O) groups excluding carboxylic acids is 1. The lowest BCUT2D eigenvalue weighted by atomic mass is 9.89. The Bertz CT molecular complexity index is 710. The number of ether oxygens (including phenoxy) is 1. The molecule has 2 heterocycles. The fraction of sp³-hybridized carbons (Fsp3) is 0.375. The van der Waals surface area contributed by atoms with Gasteiger partial charge in [-0.15, -0.1) is 0 Å². The maximum absolute atomic E-state index is 12.0. The summed E-state index contributed by atoms with van der Waals surface area (Å²) in [5.74, 6) is 0.229. The highest BCUT2D eigenvalue weighted by atomic mass is 19.4. The van der Waals surface area contributed by atoms with Gasteiger partial charge in [0.2, 0.25) is 0 Å². The van der Waals surface area contributed by atoms with Crippen LogP contribution in [-0.2, 0) is 11.3 Å². The molecule has 0 aliphatic carbocycles. The van der Waals surface area contributed by atoms with Crippen molar-refractivity contribution < 1.29 is 22.7 Å². The van der Waals surface area contributed by atoms with E-state index in [9.17, 15) is 18.0 Å². The third-order valence-electron chi connectivity index (χ3n) is 3.92. The number of amides is 1. The molecule has 0 spiro atoms. The fourth-order valence-corrected chi connectivity index (χ4v) is 2.86. The summed E-state index contributed by atoms with van der Waals surface area (Å²) >= 11 is 0. The molecule has 8 heteroatoms. The molecule has 0 bridgehead atoms. The number of halogens is 3. The number of alkyl halides is 3. The predicted molar refractivity (Wildman–Crippen MR) is 80.8 cm³/mol. The van der Waals surface area contributed by atoms with Crippen molar-refractivity contribution in [3.63, 3.8) is 0 Å². The van der Waals surface area contributed by atoms with Crippen LogP contribution in [-0.4, -0.2) is 28.4 Å². The van der Waals surface area contributed by atoms with Crippen LogP contribution >= 0.6 is 0 Å². The monoisotopic (exact) mass is 339 g/mol. The largest absolute Gasteiger partial charge is 0.440 e. The number of nitrogens with zero attached hydrogens (tertiary/aromatic N) is 2. The zero-order chi connectivity index (χ0) is 17.2. The van der Waals surface area contributed by atoms with Crippen LogP contribution in [0.3, 0.4) is 0 Å². The van der Waals surface area contributed by atoms with E-state index in [1.54, 1.807) is 12.1 Å². The van der Waals surface area contributed by atoms with E-state index in [0.29, 0.717) is 5.69 Å². The Morgan fingerprint density at radius 1 is 1.33 bits per heavy atom. The molecular formula is C16H16F3N3O2. The zero-order valence-electron chi connectivity index (χ0n) is 12.7. The Kier molecular flexibility index (Phi) is 4.46. The molecular weight excluding hydrogens is 323 g/mol. The molecule has 0 radical (unpaired) electrons. The van der Waals surface area contributed by atoms with Crippen molar-refractivity contribution in [1.82, 2.24) is 9.55 Å². The molecule has 0 fully saturated rings. The molecule has 24 heavy (non-hydrogen) atoms. The molecule has 1 aliphatic heterocycles. The number of benzene rings is 1. The van der Waals surface area contributed by atoms with Gasteiger partial charge < -0.3 is 9.30 Å². The van der Waals surface area contributed by atoms with E-state index < -0.39 is 18.9 Å². The van der Waals surface area contributed by atoms with Crippen molar-refractivity contribution in [3.8, 4) is 0 Å². The standard InChI is InChI=1S/C16H16F3N3O2/c17-16(18,19)9-24-15(23)21-12-5-3-11(4-6-12)13-2-1-7-22-10-20-8-14(13)22/h3-6,8,10,13H,1-2,7,9H2,(H,21,23)/t13-/m1/s1. The van der Waals surface area contributed by atoms with E-state index in [0.717, 1.165) is 30.6 Å². The van der Waals surface area contributed by atoms with Gasteiger partial charge in [-0.3, -0.25) is 5.32 Å². The van der Waals surface area contributed by atoms with Crippen LogP contribution < -0.4 is 5.32 Å². The Morgan fingerprint density at radius 3 is 2.79 bits per heavy atom. The molecule has 0 unspecified atom stereocenters. The molecule has 128 valence electrons. The number of aryl methyl sites for hydroxylation is 1. The third-order valence-corrected chi connectivity index (χ3v) is 3.92. The first kappa shape index (κ1) is 16.4. The van der Waals surface area contributed by atoms with Gasteiger partial charge in [0.1, 0.15) is 0 Å². The SMILES string of the molecule is O=C(Nc1ccc([C@H]2CCCn3cncc32)cc1)OCC(F)(F)F. The molecule has 2 aromatic rings. The van der Waals surface area contributed by atoms with Gasteiger partial charge in [0.15, 0.2) is 6.61 Å². The maximum Gasteiger partial charge on any atom is 0.422 e. The Hall–Kier alpha value is -2.51. The molecule has 0 saturated carbocycles. The smallest absolute Gasteiger partial charge is 0.422 e. The number of imidazole rings is 1. The van der Waals surface area contributed by atoms with Crippen LogP contribution in [0.15, 0.2) is 36.8 Å². The molecule has 3 rings (SSSR count). The van der Waals surface area contributed by atoms with Gasteiger partial charge in [0.05, 0.1) is 6.33 Å². The van der Waals surface area contributed by atoms with Crippen molar-refractivity contribution >= 4 is 11.8 Å². The Morgan fingerprint density at radius 2 is 2.08 bits per heavy atom. The van der Waals surface area contributed by atoms with E-state index >= 15 is 0 Å². The molecule has 1 amide bonds. The molecule has 1 aliphatic rings. The molecule has 1 aromatic carbocycles. The summed E-state index contributed by atoms with van der Waals surface area (Å²) in [4.78, 5) is 15.5. The van der Waals surface area contributed by atoms with Crippen LogP contribution in [0.25, 0.3) is 0 Å². The highest BCUT2D eigenvalue weighted by Gasteiger charge is 2.29. The summed E-state index contributed by atoms with van der Waals surface area (Å²) in [6, 6.07) is 7.01. The summed E-state index contributed by atoms with van der Waals surface area (Å²) in [5, 5.41) is 2.28. The second kappa shape index (κ2) is 6.54. The Labute approximate surface area is 136 Å². The number of rotatable bonds is 3. The highest BCUT2D eigenvalue weighted by molar-refractivity contribution is 5.84. The summed E-state index contributed by atoms with van der Waals surface area (Å²) in [6.07, 6.45) is 0.0592. The molecule has 1 aromatic heterocycles. The second-order valence-corrected chi connectivity index (χ2v) is 5.65. The van der Waals surface area contributed by atoms with Gasteiger partial charge in [0.25, 0.3) is 0 Å². The molecule has 1 N–H and O–H groups in total. The lowest BCUT2D eigenvalue weighted by Gasteiger charge is -2.24. The number of hydrogen-bond donors (Lipinski definition) is 1. The fourth-order valence-electron chi connectivity index (χ4n) is 2.86. The normalized spacial score (nSPS) is 17.2. The minimum absolute atomic E-state index is 0.229. The van der Waals surface area contributed by atoms with Crippen LogP contribution in [0, 0.1) is 0 Å². The molecule has 1 atom stereocenters. The number of hydrogen-bond acceptors (Lipinski definition) is 3. The van der Waals surface area contributed by atoms with Gasteiger partial charge >= 0.3 is 12.3 Å². The number of carbonyl (C=O) groups is 1. The second-order valence-electron chi connectivity index (χ2n) is 5.65. The summed E-state index contributed by atoms with van der Waals surface area (Å²) < 4.78 is 42.2. The first-order valence-electron chi connectivity index (χ1n) is 7.53. The van der Waals surface area contributed by atoms with Crippen molar-refractivity contribution in [1.29, 1.82) is 0 Å². The number of aromatic nitrogens is 2. The first-order valence-corrected chi connectivity index (χ1v) is 7.53. The summed E-state index contributed by atoms with van der Waals surface area (Å²) in [5.41, 5.74) is 2.60. The van der Waals surface area contributed by atoms with E-state index in [4.69, 9.17) is 0 Å². The van der Waals surface area contributed by atoms with Gasteiger partial charge in [-0.1, -0.05) is 12.1 Å². The van der Waals surface area contributed by atoms with Crippen molar-refractivity contribution in [2.75, 3.05) is 11.9 Å². The average Bonchev–Trinajstić information content (AvgIpc) is 3.02. The zero-order valence-corrected chi connectivity index (χ0v) is 12.7.